The third-order valence-corrected chi connectivity index (χ3v) is 9.11. The van der Waals surface area contributed by atoms with E-state index >= 15 is 0 Å². The third-order valence-electron chi connectivity index (χ3n) is 9.11. The summed E-state index contributed by atoms with van der Waals surface area (Å²) in [7, 11) is 0. The lowest BCUT2D eigenvalue weighted by atomic mass is 9.46. The van der Waals surface area contributed by atoms with Crippen LogP contribution in [0.1, 0.15) is 85.0 Å². The van der Waals surface area contributed by atoms with E-state index in [9.17, 15) is 5.11 Å². The van der Waals surface area contributed by atoms with Crippen LogP contribution in [0.15, 0.2) is 11.6 Å². The predicted molar refractivity (Wildman–Crippen MR) is 107 cm³/mol. The Kier molecular flexibility index (Phi) is 5.29. The maximum Gasteiger partial charge on any atom is 0.0883 e. The SMILES string of the molecule is C/C=C1/CCC[C@H]2[C@@H]3CC[C@H]4C[C@@](O)(COCC)CC[C@@H]4[C@H]3CC[C@]12C. The highest BCUT2D eigenvalue weighted by molar-refractivity contribution is 5.20. The van der Waals surface area contributed by atoms with Crippen molar-refractivity contribution in [3.05, 3.63) is 11.6 Å². The van der Waals surface area contributed by atoms with Gasteiger partial charge in [0.1, 0.15) is 0 Å². The predicted octanol–water partition coefficient (Wildman–Crippen LogP) is 5.74. The molecule has 4 saturated carbocycles. The maximum absolute atomic E-state index is 11.0. The molecule has 4 aliphatic carbocycles. The molecule has 26 heavy (non-hydrogen) atoms. The minimum absolute atomic E-state index is 0.491. The van der Waals surface area contributed by atoms with Crippen LogP contribution in [0, 0.1) is 35.0 Å². The molecule has 0 heterocycles. The van der Waals surface area contributed by atoms with Crippen LogP contribution in [-0.2, 0) is 4.74 Å². The molecule has 0 amide bonds. The van der Waals surface area contributed by atoms with Gasteiger partial charge in [-0.25, -0.2) is 0 Å². The van der Waals surface area contributed by atoms with Crippen molar-refractivity contribution in [2.45, 2.75) is 90.6 Å². The van der Waals surface area contributed by atoms with Crippen molar-refractivity contribution in [2.24, 2.45) is 35.0 Å². The second-order valence-corrected chi connectivity index (χ2v) is 10.2. The Morgan fingerprint density at radius 3 is 2.65 bits per heavy atom. The Morgan fingerprint density at radius 1 is 1.08 bits per heavy atom. The zero-order valence-corrected chi connectivity index (χ0v) is 17.3. The van der Waals surface area contributed by atoms with Crippen LogP contribution in [0.3, 0.4) is 0 Å². The van der Waals surface area contributed by atoms with E-state index in [0.29, 0.717) is 18.6 Å². The molecule has 4 fully saturated rings. The molecule has 0 unspecified atom stereocenters. The molecule has 0 saturated heterocycles. The van der Waals surface area contributed by atoms with Crippen LogP contribution in [-0.4, -0.2) is 23.9 Å². The standard InChI is InChI=1S/C24H40O2/c1-4-18-7-6-8-22-21-10-9-17-15-24(25,16-26-5-2)14-12-19(17)20(21)11-13-23(18,22)3/h4,17,19-22,25H,5-16H2,1-3H3/b18-4-/t17-,19-,20+,21+,22-,23+,24+/m0/s1. The molecule has 2 heteroatoms. The van der Waals surface area contributed by atoms with Crippen molar-refractivity contribution < 1.29 is 9.84 Å². The summed E-state index contributed by atoms with van der Waals surface area (Å²) in [5, 5.41) is 11.0. The summed E-state index contributed by atoms with van der Waals surface area (Å²) in [6, 6.07) is 0. The summed E-state index contributed by atoms with van der Waals surface area (Å²) in [5.74, 6) is 4.41. The normalized spacial score (nSPS) is 50.0. The number of ether oxygens (including phenoxy) is 1. The van der Waals surface area contributed by atoms with Crippen LogP contribution >= 0.6 is 0 Å². The summed E-state index contributed by atoms with van der Waals surface area (Å²) in [6.07, 6.45) is 15.4. The summed E-state index contributed by atoms with van der Waals surface area (Å²) < 4.78 is 5.61. The van der Waals surface area contributed by atoms with Gasteiger partial charge in [0.25, 0.3) is 0 Å². The van der Waals surface area contributed by atoms with Gasteiger partial charge in [0.05, 0.1) is 12.2 Å². The number of aliphatic hydroxyl groups is 1. The molecule has 0 aromatic carbocycles. The molecule has 0 aromatic rings. The lowest BCUT2D eigenvalue weighted by Crippen LogP contribution is -2.53. The minimum Gasteiger partial charge on any atom is -0.387 e. The van der Waals surface area contributed by atoms with Crippen molar-refractivity contribution in [1.82, 2.24) is 0 Å². The lowest BCUT2D eigenvalue weighted by molar-refractivity contribution is -0.128. The number of allylic oxidation sites excluding steroid dienone is 2. The van der Waals surface area contributed by atoms with Crippen molar-refractivity contribution in [3.8, 4) is 0 Å². The number of rotatable bonds is 3. The fourth-order valence-corrected chi connectivity index (χ4v) is 7.91. The minimum atomic E-state index is -0.545. The van der Waals surface area contributed by atoms with Crippen molar-refractivity contribution in [1.29, 1.82) is 0 Å². The van der Waals surface area contributed by atoms with E-state index in [1.807, 2.05) is 6.92 Å². The van der Waals surface area contributed by atoms with E-state index in [4.69, 9.17) is 4.74 Å². The van der Waals surface area contributed by atoms with E-state index in [1.54, 1.807) is 5.57 Å². The van der Waals surface area contributed by atoms with Crippen LogP contribution in [0.4, 0.5) is 0 Å². The first-order chi connectivity index (χ1) is 12.5. The average molecular weight is 361 g/mol. The molecule has 2 nitrogen and oxygen atoms in total. The molecule has 0 bridgehead atoms. The van der Waals surface area contributed by atoms with Crippen molar-refractivity contribution in [2.75, 3.05) is 13.2 Å². The maximum atomic E-state index is 11.0. The molecular formula is C24H40O2. The number of fused-ring (bicyclic) bond motifs is 5. The number of hydrogen-bond acceptors (Lipinski definition) is 2. The summed E-state index contributed by atoms with van der Waals surface area (Å²) >= 11 is 0. The Bertz CT molecular complexity index is 540. The lowest BCUT2D eigenvalue weighted by Gasteiger charge is -2.59. The van der Waals surface area contributed by atoms with Gasteiger partial charge >= 0.3 is 0 Å². The smallest absolute Gasteiger partial charge is 0.0883 e. The summed E-state index contributed by atoms with van der Waals surface area (Å²) in [5.41, 5.74) is 1.71. The quantitative estimate of drug-likeness (QED) is 0.650. The third kappa shape index (κ3) is 3.09. The van der Waals surface area contributed by atoms with Gasteiger partial charge in [0.2, 0.25) is 0 Å². The van der Waals surface area contributed by atoms with E-state index in [1.165, 1.54) is 51.4 Å². The van der Waals surface area contributed by atoms with E-state index in [0.717, 1.165) is 42.4 Å². The highest BCUT2D eigenvalue weighted by atomic mass is 16.5. The molecule has 0 aliphatic heterocycles. The van der Waals surface area contributed by atoms with E-state index in [2.05, 4.69) is 19.9 Å². The largest absolute Gasteiger partial charge is 0.387 e. The van der Waals surface area contributed by atoms with Gasteiger partial charge in [-0.1, -0.05) is 18.6 Å². The fraction of sp³-hybridized carbons (Fsp3) is 0.917. The summed E-state index contributed by atoms with van der Waals surface area (Å²) in [4.78, 5) is 0. The molecule has 7 atom stereocenters. The van der Waals surface area contributed by atoms with Gasteiger partial charge in [0, 0.05) is 6.61 Å². The first-order valence-electron chi connectivity index (χ1n) is 11.5. The second-order valence-electron chi connectivity index (χ2n) is 10.2. The zero-order valence-electron chi connectivity index (χ0n) is 17.3. The van der Waals surface area contributed by atoms with Crippen molar-refractivity contribution in [3.63, 3.8) is 0 Å². The van der Waals surface area contributed by atoms with Gasteiger partial charge in [0.15, 0.2) is 0 Å². The Morgan fingerprint density at radius 2 is 1.88 bits per heavy atom. The van der Waals surface area contributed by atoms with Crippen LogP contribution < -0.4 is 0 Å². The highest BCUT2D eigenvalue weighted by Crippen LogP contribution is 2.63. The number of hydrogen-bond donors (Lipinski definition) is 1. The molecule has 1 N–H and O–H groups in total. The van der Waals surface area contributed by atoms with E-state index in [-0.39, 0.29) is 0 Å². The molecule has 148 valence electrons. The van der Waals surface area contributed by atoms with Gasteiger partial charge in [-0.15, -0.1) is 0 Å². The Balaban J connectivity index is 1.49. The van der Waals surface area contributed by atoms with Gasteiger partial charge < -0.3 is 9.84 Å². The van der Waals surface area contributed by atoms with Crippen LogP contribution in [0.25, 0.3) is 0 Å². The zero-order chi connectivity index (χ0) is 18.4. The first kappa shape index (κ1) is 19.0. The van der Waals surface area contributed by atoms with Crippen LogP contribution in [0.5, 0.6) is 0 Å². The van der Waals surface area contributed by atoms with E-state index < -0.39 is 5.60 Å². The highest BCUT2D eigenvalue weighted by Gasteiger charge is 2.55. The second kappa shape index (κ2) is 7.24. The fourth-order valence-electron chi connectivity index (χ4n) is 7.91. The molecule has 4 rings (SSSR count). The van der Waals surface area contributed by atoms with Gasteiger partial charge in [-0.2, -0.15) is 0 Å². The molecule has 0 radical (unpaired) electrons. The molecule has 0 spiro atoms. The van der Waals surface area contributed by atoms with Gasteiger partial charge in [-0.05, 0) is 113 Å². The molecule has 0 aromatic heterocycles. The first-order valence-corrected chi connectivity index (χ1v) is 11.5. The van der Waals surface area contributed by atoms with Gasteiger partial charge in [-0.3, -0.25) is 0 Å². The Labute approximate surface area is 160 Å². The summed E-state index contributed by atoms with van der Waals surface area (Å²) in [6.45, 7) is 8.16. The topological polar surface area (TPSA) is 29.5 Å². The Hall–Kier alpha value is -0.340. The molecular weight excluding hydrogens is 320 g/mol. The van der Waals surface area contributed by atoms with Crippen LogP contribution in [0.2, 0.25) is 0 Å². The molecule has 4 aliphatic rings. The monoisotopic (exact) mass is 360 g/mol. The van der Waals surface area contributed by atoms with Crippen molar-refractivity contribution >= 4 is 0 Å². The average Bonchev–Trinajstić information content (AvgIpc) is 2.65.